The van der Waals surface area contributed by atoms with Crippen molar-refractivity contribution in [3.8, 4) is 0 Å². The van der Waals surface area contributed by atoms with E-state index in [2.05, 4.69) is 51.0 Å². The topological polar surface area (TPSA) is 79.2 Å². The van der Waals surface area contributed by atoms with E-state index in [-0.39, 0.29) is 18.4 Å². The normalized spacial score (nSPS) is 11.1. The molecule has 2 heterocycles. The van der Waals surface area contributed by atoms with Crippen molar-refractivity contribution in [3.05, 3.63) is 64.9 Å². The van der Waals surface area contributed by atoms with Gasteiger partial charge < -0.3 is 27.0 Å². The van der Waals surface area contributed by atoms with E-state index in [0.29, 0.717) is 0 Å². The molecule has 0 saturated carbocycles. The molecular weight excluding hydrogens is 520 g/mol. The Morgan fingerprint density at radius 2 is 1.82 bits per heavy atom. The van der Waals surface area contributed by atoms with Gasteiger partial charge in [-0.2, -0.15) is 0 Å². The maximum atomic E-state index is 11.4. The van der Waals surface area contributed by atoms with Crippen LogP contribution in [0.4, 0.5) is 5.95 Å². The summed E-state index contributed by atoms with van der Waals surface area (Å²) in [5, 5.41) is 11.4. The minimum atomic E-state index is -0.895. The predicted molar refractivity (Wildman–Crippen MR) is 133 cm³/mol. The molecule has 6 nitrogen and oxygen atoms in total. The number of carbonyl (C=O) groups is 1. The number of carboxylic acid groups (broad SMARTS) is 1. The first-order chi connectivity index (χ1) is 15.4. The number of halogens is 1. The second kappa shape index (κ2) is 13.1. The van der Waals surface area contributed by atoms with Gasteiger partial charge in [0.1, 0.15) is 4.75 Å². The van der Waals surface area contributed by atoms with Gasteiger partial charge in [0.25, 0.3) is 0 Å². The van der Waals surface area contributed by atoms with E-state index in [1.807, 2.05) is 23.8 Å². The molecule has 0 unspecified atom stereocenters. The average Bonchev–Trinajstić information content (AvgIpc) is 3.23. The lowest BCUT2D eigenvalue weighted by atomic mass is 10.1. The van der Waals surface area contributed by atoms with Crippen LogP contribution in [0.5, 0.6) is 0 Å². The Morgan fingerprint density at radius 1 is 1.12 bits per heavy atom. The zero-order chi connectivity index (χ0) is 23.0. The van der Waals surface area contributed by atoms with Crippen molar-refractivity contribution in [2.75, 3.05) is 18.0 Å². The van der Waals surface area contributed by atoms with Crippen LogP contribution in [0.2, 0.25) is 0 Å². The van der Waals surface area contributed by atoms with Gasteiger partial charge in [-0.15, -0.1) is 11.3 Å². The van der Waals surface area contributed by atoms with Crippen molar-refractivity contribution >= 4 is 35.0 Å². The molecule has 0 amide bonds. The average molecular weight is 552 g/mol. The van der Waals surface area contributed by atoms with Crippen molar-refractivity contribution in [2.45, 2.75) is 55.5 Å². The van der Waals surface area contributed by atoms with Gasteiger partial charge in [0.2, 0.25) is 5.95 Å². The molecule has 0 aliphatic rings. The molecule has 0 radical (unpaired) electrons. The molecule has 1 aromatic carbocycles. The van der Waals surface area contributed by atoms with E-state index >= 15 is 0 Å². The number of nitrogens with zero attached hydrogens (tertiary/aromatic N) is 4. The van der Waals surface area contributed by atoms with Crippen LogP contribution < -0.4 is 21.9 Å². The Bertz CT molecular complexity index is 1000. The highest BCUT2D eigenvalue weighted by atomic mass is 79.9. The first-order valence-corrected chi connectivity index (χ1v) is 12.5. The molecule has 2 aromatic heterocycles. The number of hydrogen-bond acceptors (Lipinski definition) is 7. The Balaban J connectivity index is 0.00000289. The van der Waals surface area contributed by atoms with Gasteiger partial charge in [-0.1, -0.05) is 49.0 Å². The molecule has 1 N–H and O–H groups in total. The number of carboxylic acids is 1. The van der Waals surface area contributed by atoms with Crippen molar-refractivity contribution < 1.29 is 28.3 Å². The first-order valence-electron chi connectivity index (χ1n) is 10.8. The number of aromatic nitrogens is 3. The lowest BCUT2D eigenvalue weighted by molar-refractivity contribution is -0.138. The molecule has 0 saturated heterocycles. The Labute approximate surface area is 216 Å². The summed E-state index contributed by atoms with van der Waals surface area (Å²) in [6.07, 6.45) is 7.49. The summed E-state index contributed by atoms with van der Waals surface area (Å²) in [4.78, 5) is 27.4. The molecule has 178 valence electrons. The van der Waals surface area contributed by atoms with Crippen LogP contribution in [0.3, 0.4) is 0 Å². The number of aliphatic carboxylic acids is 1. The van der Waals surface area contributed by atoms with Gasteiger partial charge in [-0.3, -0.25) is 4.79 Å². The van der Waals surface area contributed by atoms with Gasteiger partial charge in [-0.25, -0.2) is 15.0 Å². The quantitative estimate of drug-likeness (QED) is 0.346. The minimum absolute atomic E-state index is 0. The fourth-order valence-electron chi connectivity index (χ4n) is 3.09. The SMILES string of the molecule is CCc1cnc(N(CCCc2ccccc2)CCc2csc(SC(C)(C)C(=O)O)n2)nc1.[Br-].[H+]. The molecule has 0 aliphatic carbocycles. The fourth-order valence-corrected chi connectivity index (χ4v) is 5.31. The highest BCUT2D eigenvalue weighted by molar-refractivity contribution is 8.02. The van der Waals surface area contributed by atoms with Crippen LogP contribution >= 0.6 is 23.1 Å². The molecule has 3 rings (SSSR count). The standard InChI is InChI=1S/C24H30N4O2S2.BrH/c1-4-18-15-25-22(26-16-18)28(13-8-11-19-9-6-5-7-10-19)14-12-20-17-31-23(27-20)32-24(2,3)21(29)30;/h5-7,9-10,15-17H,4,8,11-14H2,1-3H3,(H,29,30);1H. The molecule has 0 bridgehead atoms. The summed E-state index contributed by atoms with van der Waals surface area (Å²) in [6.45, 7) is 7.12. The van der Waals surface area contributed by atoms with E-state index in [1.54, 1.807) is 13.8 Å². The second-order valence-electron chi connectivity index (χ2n) is 8.09. The molecule has 0 atom stereocenters. The van der Waals surface area contributed by atoms with Crippen LogP contribution in [0.15, 0.2) is 52.4 Å². The molecule has 0 spiro atoms. The smallest absolute Gasteiger partial charge is 1.00 e. The molecule has 0 fully saturated rings. The third-order valence-electron chi connectivity index (χ3n) is 5.15. The zero-order valence-corrected chi connectivity index (χ0v) is 22.4. The number of thiazole rings is 1. The molecule has 3 aromatic rings. The maximum absolute atomic E-state index is 11.4. The largest absolute Gasteiger partial charge is 1.00 e. The van der Waals surface area contributed by atoms with E-state index in [9.17, 15) is 9.90 Å². The number of thioether (sulfide) groups is 1. The van der Waals surface area contributed by atoms with Gasteiger partial charge in [0.15, 0.2) is 4.34 Å². The van der Waals surface area contributed by atoms with Gasteiger partial charge in [-0.05, 0) is 44.2 Å². The zero-order valence-electron chi connectivity index (χ0n) is 20.2. The van der Waals surface area contributed by atoms with Crippen molar-refractivity contribution in [1.82, 2.24) is 15.0 Å². The lowest BCUT2D eigenvalue weighted by Gasteiger charge is -2.22. The molecular formula is C24H31BrN4O2S2. The lowest BCUT2D eigenvalue weighted by Crippen LogP contribution is -3.00. The molecule has 33 heavy (non-hydrogen) atoms. The summed E-state index contributed by atoms with van der Waals surface area (Å²) >= 11 is 2.79. The van der Waals surface area contributed by atoms with E-state index in [0.717, 1.165) is 60.3 Å². The van der Waals surface area contributed by atoms with Crippen LogP contribution in [0, 0.1) is 0 Å². The number of hydrogen-bond donors (Lipinski definition) is 1. The van der Waals surface area contributed by atoms with Crippen LogP contribution in [0.25, 0.3) is 0 Å². The van der Waals surface area contributed by atoms with Crippen LogP contribution in [0.1, 0.15) is 45.4 Å². The van der Waals surface area contributed by atoms with Crippen LogP contribution in [-0.4, -0.2) is 43.9 Å². The monoisotopic (exact) mass is 550 g/mol. The third-order valence-corrected chi connectivity index (χ3v) is 7.32. The van der Waals surface area contributed by atoms with Crippen molar-refractivity contribution in [2.24, 2.45) is 0 Å². The number of aryl methyl sites for hydroxylation is 2. The first kappa shape index (κ1) is 27.3. The Kier molecular flexibility index (Phi) is 10.8. The van der Waals surface area contributed by atoms with E-state index < -0.39 is 10.7 Å². The number of anilines is 1. The van der Waals surface area contributed by atoms with Gasteiger partial charge >= 0.3 is 7.40 Å². The van der Waals surface area contributed by atoms with Crippen LogP contribution in [-0.2, 0) is 24.1 Å². The third kappa shape index (κ3) is 8.39. The Morgan fingerprint density at radius 3 is 2.45 bits per heavy atom. The highest BCUT2D eigenvalue weighted by Crippen LogP contribution is 2.34. The molecule has 9 heteroatoms. The maximum Gasteiger partial charge on any atom is 1.00 e. The van der Waals surface area contributed by atoms with E-state index in [1.165, 1.54) is 28.7 Å². The number of benzene rings is 1. The number of rotatable bonds is 12. The summed E-state index contributed by atoms with van der Waals surface area (Å²) in [5.41, 5.74) is 3.43. The van der Waals surface area contributed by atoms with Gasteiger partial charge in [0, 0.05) is 37.3 Å². The van der Waals surface area contributed by atoms with E-state index in [4.69, 9.17) is 0 Å². The summed E-state index contributed by atoms with van der Waals surface area (Å²) in [6, 6.07) is 10.5. The predicted octanol–water partition coefficient (Wildman–Crippen LogP) is 2.25. The second-order valence-corrected chi connectivity index (χ2v) is 10.8. The van der Waals surface area contributed by atoms with Gasteiger partial charge in [0.05, 0.1) is 5.69 Å². The Hall–Kier alpha value is -1.97. The fraction of sp³-hybridized carbons (Fsp3) is 0.417. The minimum Gasteiger partial charge on any atom is -1.00 e. The molecule has 0 aliphatic heterocycles. The highest BCUT2D eigenvalue weighted by Gasteiger charge is 2.29. The summed E-state index contributed by atoms with van der Waals surface area (Å²) < 4.78 is -0.112. The van der Waals surface area contributed by atoms with Crippen molar-refractivity contribution in [3.63, 3.8) is 0 Å². The summed E-state index contributed by atoms with van der Waals surface area (Å²) in [7, 11) is 0. The summed E-state index contributed by atoms with van der Waals surface area (Å²) in [5.74, 6) is -0.0939. The van der Waals surface area contributed by atoms with Crippen molar-refractivity contribution in [1.29, 1.82) is 0 Å².